The average Bonchev–Trinajstić information content (AvgIpc) is 3.22. The Kier molecular flexibility index (Phi) is 4.50. The molecule has 0 atom stereocenters. The van der Waals surface area contributed by atoms with Gasteiger partial charge in [-0.15, -0.1) is 0 Å². The highest BCUT2D eigenvalue weighted by Crippen LogP contribution is 2.31. The Bertz CT molecular complexity index is 709. The smallest absolute Gasteiger partial charge is 0.255 e. The maximum absolute atomic E-state index is 12.8. The first-order valence-corrected chi connectivity index (χ1v) is 9.45. The van der Waals surface area contributed by atoms with Gasteiger partial charge in [0.1, 0.15) is 0 Å². The first kappa shape index (κ1) is 15.6. The Hall–Kier alpha value is -1.91. The summed E-state index contributed by atoms with van der Waals surface area (Å²) in [5.74, 6) is 0.125. The summed E-state index contributed by atoms with van der Waals surface area (Å²) in [5.41, 5.74) is 1.63. The summed E-state index contributed by atoms with van der Waals surface area (Å²) in [6.45, 7) is 1.75. The molecule has 0 bridgehead atoms. The second-order valence-electron chi connectivity index (χ2n) is 7.22. The predicted molar refractivity (Wildman–Crippen MR) is 94.0 cm³/mol. The average molecular weight is 326 g/mol. The highest BCUT2D eigenvalue weighted by molar-refractivity contribution is 5.96. The molecule has 0 N–H and O–H groups in total. The van der Waals surface area contributed by atoms with Crippen molar-refractivity contribution in [2.24, 2.45) is 0 Å². The van der Waals surface area contributed by atoms with Crippen LogP contribution in [0.15, 0.2) is 18.5 Å². The van der Waals surface area contributed by atoms with E-state index in [9.17, 15) is 4.79 Å². The van der Waals surface area contributed by atoms with Crippen LogP contribution in [0.4, 0.5) is 0 Å². The molecule has 1 amide bonds. The van der Waals surface area contributed by atoms with E-state index < -0.39 is 0 Å². The van der Waals surface area contributed by atoms with Crippen molar-refractivity contribution in [2.45, 2.75) is 63.8 Å². The van der Waals surface area contributed by atoms with Crippen LogP contribution >= 0.6 is 0 Å². The molecule has 2 fully saturated rings. The van der Waals surface area contributed by atoms with Gasteiger partial charge in [-0.05, 0) is 31.7 Å². The third-order valence-electron chi connectivity index (χ3n) is 5.49. The van der Waals surface area contributed by atoms with E-state index in [1.807, 2.05) is 17.2 Å². The Balaban J connectivity index is 1.56. The summed E-state index contributed by atoms with van der Waals surface area (Å²) in [6, 6.07) is 2.45. The minimum absolute atomic E-state index is 0.125. The van der Waals surface area contributed by atoms with Gasteiger partial charge in [-0.3, -0.25) is 4.79 Å². The maximum atomic E-state index is 12.8. The summed E-state index contributed by atoms with van der Waals surface area (Å²) in [7, 11) is 0. The van der Waals surface area contributed by atoms with Crippen LogP contribution in [0.1, 0.15) is 74.2 Å². The molecular formula is C19H26N4O. The zero-order chi connectivity index (χ0) is 16.4. The normalized spacial score (nSPS) is 20.2. The van der Waals surface area contributed by atoms with Crippen molar-refractivity contribution in [3.05, 3.63) is 24.0 Å². The van der Waals surface area contributed by atoms with Gasteiger partial charge in [0.2, 0.25) is 0 Å². The van der Waals surface area contributed by atoms with E-state index in [1.54, 1.807) is 6.20 Å². The zero-order valence-corrected chi connectivity index (χ0v) is 14.3. The lowest BCUT2D eigenvalue weighted by Crippen LogP contribution is -2.33. The van der Waals surface area contributed by atoms with Crippen molar-refractivity contribution in [1.82, 2.24) is 19.7 Å². The largest absolute Gasteiger partial charge is 0.339 e. The Morgan fingerprint density at radius 2 is 1.67 bits per heavy atom. The first-order chi connectivity index (χ1) is 11.8. The fraction of sp³-hybridized carbons (Fsp3) is 0.632. The van der Waals surface area contributed by atoms with E-state index in [1.165, 1.54) is 44.9 Å². The Morgan fingerprint density at radius 3 is 2.42 bits per heavy atom. The monoisotopic (exact) mass is 326 g/mol. The molecular weight excluding hydrogens is 300 g/mol. The first-order valence-electron chi connectivity index (χ1n) is 9.45. The lowest BCUT2D eigenvalue weighted by Gasteiger charge is -2.24. The predicted octanol–water partition coefficient (Wildman–Crippen LogP) is 3.95. The van der Waals surface area contributed by atoms with Crippen LogP contribution in [0.5, 0.6) is 0 Å². The highest BCUT2D eigenvalue weighted by atomic mass is 16.2. The Labute approximate surface area is 143 Å². The van der Waals surface area contributed by atoms with Gasteiger partial charge < -0.3 is 4.90 Å². The highest BCUT2D eigenvalue weighted by Gasteiger charge is 2.22. The second-order valence-corrected chi connectivity index (χ2v) is 7.22. The molecule has 3 heterocycles. The zero-order valence-electron chi connectivity index (χ0n) is 14.3. The summed E-state index contributed by atoms with van der Waals surface area (Å²) < 4.78 is 2.06. The van der Waals surface area contributed by atoms with Crippen molar-refractivity contribution in [3.63, 3.8) is 0 Å². The van der Waals surface area contributed by atoms with Crippen LogP contribution in [-0.2, 0) is 0 Å². The molecule has 24 heavy (non-hydrogen) atoms. The standard InChI is InChI=1S/C19H26N4O/c24-19(22-10-6-2-1-3-7-11-22)16-12-15-14-21-23(18(15)20-13-16)17-8-4-5-9-17/h12-14,17H,1-11H2. The number of likely N-dealkylation sites (tertiary alicyclic amines) is 1. The fourth-order valence-electron chi connectivity index (χ4n) is 4.11. The number of fused-ring (bicyclic) bond motifs is 1. The summed E-state index contributed by atoms with van der Waals surface area (Å²) in [4.78, 5) is 19.4. The van der Waals surface area contributed by atoms with E-state index in [-0.39, 0.29) is 5.91 Å². The number of pyridine rings is 1. The van der Waals surface area contributed by atoms with Crippen molar-refractivity contribution >= 4 is 16.9 Å². The van der Waals surface area contributed by atoms with E-state index >= 15 is 0 Å². The van der Waals surface area contributed by atoms with Crippen LogP contribution in [0.2, 0.25) is 0 Å². The minimum atomic E-state index is 0.125. The number of rotatable bonds is 2. The Morgan fingerprint density at radius 1 is 0.958 bits per heavy atom. The molecule has 1 aliphatic carbocycles. The summed E-state index contributed by atoms with van der Waals surface area (Å²) in [5, 5.41) is 5.53. The van der Waals surface area contributed by atoms with Crippen molar-refractivity contribution in [3.8, 4) is 0 Å². The van der Waals surface area contributed by atoms with Crippen LogP contribution in [0, 0.1) is 0 Å². The number of carbonyl (C=O) groups is 1. The molecule has 0 aromatic carbocycles. The van der Waals surface area contributed by atoms with Gasteiger partial charge in [-0.2, -0.15) is 5.10 Å². The molecule has 0 unspecified atom stereocenters. The van der Waals surface area contributed by atoms with E-state index in [0.29, 0.717) is 11.6 Å². The molecule has 5 nitrogen and oxygen atoms in total. The number of hydrogen-bond acceptors (Lipinski definition) is 3. The van der Waals surface area contributed by atoms with Gasteiger partial charge in [0, 0.05) is 24.7 Å². The quantitative estimate of drug-likeness (QED) is 0.839. The van der Waals surface area contributed by atoms with Gasteiger partial charge in [-0.25, -0.2) is 9.67 Å². The lowest BCUT2D eigenvalue weighted by atomic mass is 10.1. The number of nitrogens with zero attached hydrogens (tertiary/aromatic N) is 4. The van der Waals surface area contributed by atoms with E-state index in [2.05, 4.69) is 14.8 Å². The molecule has 5 heteroatoms. The maximum Gasteiger partial charge on any atom is 0.255 e. The van der Waals surface area contributed by atoms with Crippen LogP contribution in [-0.4, -0.2) is 38.7 Å². The van der Waals surface area contributed by atoms with Crippen LogP contribution in [0.25, 0.3) is 11.0 Å². The van der Waals surface area contributed by atoms with Gasteiger partial charge in [0.15, 0.2) is 5.65 Å². The van der Waals surface area contributed by atoms with Crippen molar-refractivity contribution < 1.29 is 4.79 Å². The number of aromatic nitrogens is 3. The lowest BCUT2D eigenvalue weighted by molar-refractivity contribution is 0.0742. The molecule has 1 aliphatic heterocycles. The van der Waals surface area contributed by atoms with Gasteiger partial charge >= 0.3 is 0 Å². The van der Waals surface area contributed by atoms with E-state index in [4.69, 9.17) is 0 Å². The SMILES string of the molecule is O=C(c1cnc2c(cnn2C2CCCC2)c1)N1CCCCCCC1. The molecule has 2 aromatic rings. The molecule has 1 saturated heterocycles. The minimum Gasteiger partial charge on any atom is -0.339 e. The van der Waals surface area contributed by atoms with Crippen LogP contribution in [0.3, 0.4) is 0 Å². The van der Waals surface area contributed by atoms with Crippen molar-refractivity contribution in [2.75, 3.05) is 13.1 Å². The number of carbonyl (C=O) groups excluding carboxylic acids is 1. The molecule has 2 aliphatic rings. The summed E-state index contributed by atoms with van der Waals surface area (Å²) in [6.07, 6.45) is 14.5. The van der Waals surface area contributed by atoms with Gasteiger partial charge in [0.25, 0.3) is 5.91 Å². The second kappa shape index (κ2) is 6.91. The third kappa shape index (κ3) is 3.04. The molecule has 0 spiro atoms. The summed E-state index contributed by atoms with van der Waals surface area (Å²) >= 11 is 0. The van der Waals surface area contributed by atoms with Gasteiger partial charge in [0.05, 0.1) is 17.8 Å². The van der Waals surface area contributed by atoms with Crippen LogP contribution < -0.4 is 0 Å². The molecule has 1 saturated carbocycles. The molecule has 128 valence electrons. The molecule has 4 rings (SSSR count). The number of amides is 1. The molecule has 2 aromatic heterocycles. The topological polar surface area (TPSA) is 51.0 Å². The van der Waals surface area contributed by atoms with E-state index in [0.717, 1.165) is 37.0 Å². The fourth-order valence-corrected chi connectivity index (χ4v) is 4.11. The van der Waals surface area contributed by atoms with Gasteiger partial charge in [-0.1, -0.05) is 32.1 Å². The molecule has 0 radical (unpaired) electrons. The number of hydrogen-bond donors (Lipinski definition) is 0. The van der Waals surface area contributed by atoms with Crippen molar-refractivity contribution in [1.29, 1.82) is 0 Å². The third-order valence-corrected chi connectivity index (χ3v) is 5.49.